The van der Waals surface area contributed by atoms with Crippen LogP contribution in [0.1, 0.15) is 68.1 Å². The number of ketones is 1. The monoisotopic (exact) mass is 570 g/mol. The predicted molar refractivity (Wildman–Crippen MR) is 163 cm³/mol. The first-order valence-corrected chi connectivity index (χ1v) is 14.3. The molecule has 4 aromatic rings. The Morgan fingerprint density at radius 3 is 2.19 bits per heavy atom. The van der Waals surface area contributed by atoms with Crippen LogP contribution in [0.3, 0.4) is 0 Å². The van der Waals surface area contributed by atoms with Gasteiger partial charge in [-0.05, 0) is 86.8 Å². The molecule has 3 atom stereocenters. The summed E-state index contributed by atoms with van der Waals surface area (Å²) in [7, 11) is 0. The normalized spacial score (nSPS) is 20.3. The zero-order valence-corrected chi connectivity index (χ0v) is 25.0. The van der Waals surface area contributed by atoms with Crippen molar-refractivity contribution in [2.75, 3.05) is 6.61 Å². The number of oxime groups is 1. The van der Waals surface area contributed by atoms with Crippen molar-refractivity contribution in [3.63, 3.8) is 0 Å². The van der Waals surface area contributed by atoms with Gasteiger partial charge in [-0.15, -0.1) is 0 Å². The van der Waals surface area contributed by atoms with Gasteiger partial charge in [0.25, 0.3) is 0 Å². The summed E-state index contributed by atoms with van der Waals surface area (Å²) < 4.78 is 8.19. The fraction of sp³-hybridized carbons (Fsp3) is 0.382. The Labute approximate surface area is 245 Å². The van der Waals surface area contributed by atoms with Crippen LogP contribution in [0.5, 0.6) is 5.75 Å². The first-order chi connectivity index (χ1) is 19.9. The third-order valence-electron chi connectivity index (χ3n) is 8.67. The maximum absolute atomic E-state index is 13.7. The molecule has 0 amide bonds. The number of fused-ring (bicyclic) bond motifs is 3. The summed E-state index contributed by atoms with van der Waals surface area (Å²) in [4.78, 5) is 29.7. The van der Waals surface area contributed by atoms with E-state index < -0.39 is 23.6 Å². The van der Waals surface area contributed by atoms with Gasteiger partial charge < -0.3 is 24.4 Å². The predicted octanol–water partition coefficient (Wildman–Crippen LogP) is 5.79. The highest BCUT2D eigenvalue weighted by molar-refractivity contribution is 6.16. The number of aliphatic hydroxyl groups is 2. The van der Waals surface area contributed by atoms with Gasteiger partial charge in [-0.3, -0.25) is 4.79 Å². The van der Waals surface area contributed by atoms with Crippen molar-refractivity contribution in [3.8, 4) is 5.75 Å². The summed E-state index contributed by atoms with van der Waals surface area (Å²) >= 11 is 0. The second-order valence-electron chi connectivity index (χ2n) is 11.9. The summed E-state index contributed by atoms with van der Waals surface area (Å²) in [6.07, 6.45) is -0.735. The molecule has 1 aromatic heterocycles. The number of carbonyl (C=O) groups excluding carboxylic acids is 2. The molecule has 1 fully saturated rings. The van der Waals surface area contributed by atoms with Crippen molar-refractivity contribution in [1.82, 2.24) is 4.57 Å². The van der Waals surface area contributed by atoms with Gasteiger partial charge in [0.1, 0.15) is 5.75 Å². The Kier molecular flexibility index (Phi) is 7.96. The summed E-state index contributed by atoms with van der Waals surface area (Å²) in [5.41, 5.74) is 4.87. The van der Waals surface area contributed by atoms with Crippen LogP contribution >= 0.6 is 0 Å². The van der Waals surface area contributed by atoms with E-state index in [0.717, 1.165) is 39.5 Å². The van der Waals surface area contributed by atoms with Crippen LogP contribution < -0.4 is 4.74 Å². The van der Waals surface area contributed by atoms with Crippen LogP contribution in [0.2, 0.25) is 0 Å². The van der Waals surface area contributed by atoms with Gasteiger partial charge in [0.15, 0.2) is 5.78 Å². The van der Waals surface area contributed by atoms with Crippen LogP contribution in [0.4, 0.5) is 0 Å². The largest absolute Gasteiger partial charge is 0.493 e. The number of aliphatic hydroxyl groups excluding tert-OH is 2. The third-order valence-corrected chi connectivity index (χ3v) is 8.67. The standard InChI is InChI=1S/C34H38N2O6/c1-7-36-29-12-8-22(20(3)35-42-21(4)37)15-27(29)28-16-23(9-13-30(28)36)32(39)26-11-10-25(14-19(26)2)41-18-24-17-31(38)34(5,6)33(24)40/h8-16,24,31,33,38,40H,7,17-18H2,1-6H3/b35-20+. The van der Waals surface area contributed by atoms with Crippen LogP contribution in [0.15, 0.2) is 59.8 Å². The number of aromatic nitrogens is 1. The van der Waals surface area contributed by atoms with Crippen LogP contribution in [-0.4, -0.2) is 51.1 Å². The smallest absolute Gasteiger partial charge is 0.331 e. The maximum Gasteiger partial charge on any atom is 0.331 e. The molecule has 42 heavy (non-hydrogen) atoms. The molecule has 5 rings (SSSR count). The fourth-order valence-corrected chi connectivity index (χ4v) is 6.02. The highest BCUT2D eigenvalue weighted by atomic mass is 16.7. The summed E-state index contributed by atoms with van der Waals surface area (Å²) in [5, 5.41) is 26.8. The number of hydrogen-bond acceptors (Lipinski definition) is 7. The maximum atomic E-state index is 13.7. The lowest BCUT2D eigenvalue weighted by molar-refractivity contribution is -0.140. The molecule has 1 saturated carbocycles. The van der Waals surface area contributed by atoms with Crippen molar-refractivity contribution in [2.24, 2.45) is 16.5 Å². The van der Waals surface area contributed by atoms with Crippen LogP contribution in [-0.2, 0) is 16.2 Å². The van der Waals surface area contributed by atoms with Crippen molar-refractivity contribution in [2.45, 2.75) is 66.7 Å². The first kappa shape index (κ1) is 29.5. The van der Waals surface area contributed by atoms with Crippen molar-refractivity contribution in [3.05, 3.63) is 76.9 Å². The van der Waals surface area contributed by atoms with E-state index in [1.165, 1.54) is 6.92 Å². The Hall–Kier alpha value is -4.01. The molecule has 0 radical (unpaired) electrons. The zero-order valence-electron chi connectivity index (χ0n) is 25.0. The van der Waals surface area contributed by atoms with Crippen molar-refractivity contribution in [1.29, 1.82) is 0 Å². The van der Waals surface area contributed by atoms with Crippen LogP contribution in [0.25, 0.3) is 21.8 Å². The average molecular weight is 571 g/mol. The van der Waals surface area contributed by atoms with Crippen molar-refractivity contribution >= 4 is 39.3 Å². The number of rotatable bonds is 8. The number of aryl methyl sites for hydroxylation is 2. The molecule has 0 aliphatic heterocycles. The Morgan fingerprint density at radius 2 is 1.62 bits per heavy atom. The molecule has 1 aliphatic carbocycles. The highest BCUT2D eigenvalue weighted by Gasteiger charge is 2.47. The minimum Gasteiger partial charge on any atom is -0.493 e. The number of carbonyl (C=O) groups is 2. The van der Waals surface area contributed by atoms with Gasteiger partial charge in [-0.1, -0.05) is 25.1 Å². The van der Waals surface area contributed by atoms with Crippen molar-refractivity contribution < 1.29 is 29.4 Å². The number of hydrogen-bond donors (Lipinski definition) is 2. The SMILES string of the molecule is CCn1c2ccc(C(=O)c3ccc(OCC4CC(O)C(C)(C)C4O)cc3C)cc2c2cc(/C(C)=N/OC(C)=O)ccc21. The molecule has 2 N–H and O–H groups in total. The van der Waals surface area contributed by atoms with Gasteiger partial charge in [-0.25, -0.2) is 4.79 Å². The fourth-order valence-electron chi connectivity index (χ4n) is 6.02. The summed E-state index contributed by atoms with van der Waals surface area (Å²) in [5.74, 6) is -0.105. The Balaban J connectivity index is 1.42. The molecule has 8 heteroatoms. The molecule has 0 bridgehead atoms. The second kappa shape index (κ2) is 11.3. The van der Waals surface area contributed by atoms with Gasteiger partial charge in [0.05, 0.1) is 24.5 Å². The molecule has 3 aromatic carbocycles. The van der Waals surface area contributed by atoms with Gasteiger partial charge >= 0.3 is 5.97 Å². The van der Waals surface area contributed by atoms with E-state index >= 15 is 0 Å². The lowest BCUT2D eigenvalue weighted by Crippen LogP contribution is -2.35. The van der Waals surface area contributed by atoms with Gasteiger partial charge in [0.2, 0.25) is 0 Å². The Morgan fingerprint density at radius 1 is 0.976 bits per heavy atom. The van der Waals surface area contributed by atoms with Crippen LogP contribution in [0, 0.1) is 18.3 Å². The lowest BCUT2D eigenvalue weighted by Gasteiger charge is -2.27. The van der Waals surface area contributed by atoms with E-state index in [2.05, 4.69) is 16.6 Å². The highest BCUT2D eigenvalue weighted by Crippen LogP contribution is 2.42. The minimum atomic E-state index is -0.649. The molecule has 1 aliphatic rings. The molecule has 3 unspecified atom stereocenters. The van der Waals surface area contributed by atoms with E-state index in [1.54, 1.807) is 19.1 Å². The van der Waals surface area contributed by atoms with Gasteiger partial charge in [-0.2, -0.15) is 0 Å². The average Bonchev–Trinajstić information content (AvgIpc) is 3.38. The zero-order chi connectivity index (χ0) is 30.3. The Bertz CT molecular complexity index is 1720. The van der Waals surface area contributed by atoms with E-state index in [0.29, 0.717) is 35.6 Å². The number of benzene rings is 3. The number of nitrogens with zero attached hydrogens (tertiary/aromatic N) is 2. The van der Waals surface area contributed by atoms with E-state index in [9.17, 15) is 19.8 Å². The first-order valence-electron chi connectivity index (χ1n) is 14.3. The van der Waals surface area contributed by atoms with E-state index in [4.69, 9.17) is 9.57 Å². The molecular formula is C34H38N2O6. The quantitative estimate of drug-likeness (QED) is 0.120. The molecule has 220 valence electrons. The van der Waals surface area contributed by atoms with Gasteiger partial charge in [0, 0.05) is 57.7 Å². The topological polar surface area (TPSA) is 110 Å². The molecule has 1 heterocycles. The molecule has 0 spiro atoms. The molecular weight excluding hydrogens is 532 g/mol. The number of ether oxygens (including phenoxy) is 1. The van der Waals surface area contributed by atoms with E-state index in [-0.39, 0.29) is 11.7 Å². The molecule has 8 nitrogen and oxygen atoms in total. The minimum absolute atomic E-state index is 0.0850. The second-order valence-corrected chi connectivity index (χ2v) is 11.9. The van der Waals surface area contributed by atoms with E-state index in [1.807, 2.05) is 63.2 Å². The molecule has 0 saturated heterocycles. The summed E-state index contributed by atoms with van der Waals surface area (Å²) in [6.45, 7) is 11.9. The lowest BCUT2D eigenvalue weighted by atomic mass is 9.86. The third kappa shape index (κ3) is 5.32. The summed E-state index contributed by atoms with van der Waals surface area (Å²) in [6, 6.07) is 17.2.